The van der Waals surface area contributed by atoms with Gasteiger partial charge in [-0.15, -0.1) is 0 Å². The molecule has 0 aromatic heterocycles. The quantitative estimate of drug-likeness (QED) is 0.0628. The van der Waals surface area contributed by atoms with Crippen LogP contribution < -0.4 is 0 Å². The Labute approximate surface area is 573 Å². The van der Waals surface area contributed by atoms with Crippen LogP contribution in [0.15, 0.2) is 443 Å². The molecule has 0 aliphatic carbocycles. The van der Waals surface area contributed by atoms with E-state index in [9.17, 15) is 9.22 Å². The Morgan fingerprint density at radius 3 is 0.632 bits per heavy atom. The molecule has 0 bridgehead atoms. The molecule has 0 atom stereocenters. The molecule has 0 aliphatic heterocycles. The van der Waals surface area contributed by atoms with E-state index in [-0.39, 0.29) is 0 Å². The average Bonchev–Trinajstić information content (AvgIpc) is 0.723. The molecule has 0 fully saturated rings. The van der Waals surface area contributed by atoms with Crippen molar-refractivity contribution in [1.82, 2.24) is 0 Å². The molecule has 476 valence electrons. The summed E-state index contributed by atoms with van der Waals surface area (Å²) in [6.07, 6.45) is 3.49. The van der Waals surface area contributed by atoms with Crippen molar-refractivity contribution in [2.75, 3.05) is 0 Å². The van der Waals surface area contributed by atoms with Gasteiger partial charge in [0.1, 0.15) is 0 Å². The summed E-state index contributed by atoms with van der Waals surface area (Å²) in [6.45, 7) is 4.55. The predicted molar refractivity (Wildman–Crippen MR) is 404 cm³/mol. The van der Waals surface area contributed by atoms with Crippen LogP contribution >= 0.6 is 19.7 Å². The van der Waals surface area contributed by atoms with Crippen LogP contribution in [0.1, 0.15) is 39.5 Å². The first kappa shape index (κ1) is 66.8. The zero-order valence-corrected chi connectivity index (χ0v) is 61.2. The van der Waals surface area contributed by atoms with Crippen molar-refractivity contribution in [2.45, 2.75) is 107 Å². The maximum absolute atomic E-state index is 14.4. The van der Waals surface area contributed by atoms with Gasteiger partial charge in [-0.2, -0.15) is 0 Å². The molecule has 0 heterocycles. The van der Waals surface area contributed by atoms with Crippen molar-refractivity contribution in [3.8, 4) is 0 Å². The third kappa shape index (κ3) is 14.2. The monoisotopic (exact) mass is 1460 g/mol. The van der Waals surface area contributed by atoms with Gasteiger partial charge in [0.2, 0.25) is 0 Å². The van der Waals surface area contributed by atoms with Crippen LogP contribution in [0.2, 0.25) is 8.87 Å². The maximum atomic E-state index is 14.4. The zero-order chi connectivity index (χ0) is 65.3. The summed E-state index contributed by atoms with van der Waals surface area (Å²) in [6, 6.07) is 125. The van der Waals surface area contributed by atoms with E-state index in [4.69, 9.17) is 20.2 Å². The molecular formula is C80H78N8S6Sn+2. The van der Waals surface area contributed by atoms with Gasteiger partial charge in [0.15, 0.2) is 0 Å². The fourth-order valence-electron chi connectivity index (χ4n) is 11.5. The number of nitrogens with zero attached hydrogens (tertiary/aromatic N) is 8. The molecule has 0 saturated heterocycles. The van der Waals surface area contributed by atoms with Crippen LogP contribution in [-0.2, 0) is 39.3 Å². The summed E-state index contributed by atoms with van der Waals surface area (Å²) in [4.78, 5) is 9.96. The summed E-state index contributed by atoms with van der Waals surface area (Å²) in [5.41, 5.74) is 0. The Kier molecular flexibility index (Phi) is 21.5. The molecule has 0 spiro atoms. The van der Waals surface area contributed by atoms with E-state index in [2.05, 4.69) is 232 Å². The summed E-state index contributed by atoms with van der Waals surface area (Å²) in [5, 5.41) is 0. The Balaban J connectivity index is 1.41. The van der Waals surface area contributed by atoms with Gasteiger partial charge in [0.25, 0.3) is 0 Å². The first-order valence-corrected chi connectivity index (χ1v) is 48.0. The molecular weight excluding hydrogens is 1380 g/mol. The fourth-order valence-corrected chi connectivity index (χ4v) is 56.6. The normalized spacial score (nSPS) is 12.2. The van der Waals surface area contributed by atoms with E-state index >= 15 is 0 Å². The van der Waals surface area contributed by atoms with Crippen molar-refractivity contribution in [3.05, 3.63) is 364 Å². The molecule has 0 radical (unpaired) electrons. The second-order valence-electron chi connectivity index (χ2n) is 22.7. The van der Waals surface area contributed by atoms with Gasteiger partial charge in [0, 0.05) is 0 Å². The Hall–Kier alpha value is -8.24. The average molecular weight is 1460 g/mol. The summed E-state index contributed by atoms with van der Waals surface area (Å²) in [5.74, 6) is 0. The van der Waals surface area contributed by atoms with Crippen molar-refractivity contribution in [1.29, 1.82) is 9.22 Å². The van der Waals surface area contributed by atoms with Gasteiger partial charge in [-0.05, 0) is 0 Å². The van der Waals surface area contributed by atoms with E-state index in [0.717, 1.165) is 73.7 Å². The molecule has 8 nitrogen and oxygen atoms in total. The van der Waals surface area contributed by atoms with Crippen LogP contribution in [0.3, 0.4) is 0 Å². The number of hydrogen-bond acceptors (Lipinski definition) is 6. The van der Waals surface area contributed by atoms with Crippen molar-refractivity contribution in [2.24, 2.45) is 20.2 Å². The second-order valence-corrected chi connectivity index (χ2v) is 49.3. The van der Waals surface area contributed by atoms with E-state index < -0.39 is 77.9 Å². The molecule has 0 unspecified atom stereocenters. The number of benzene rings is 12. The van der Waals surface area contributed by atoms with E-state index in [1.807, 2.05) is 146 Å². The van der Waals surface area contributed by atoms with Crippen molar-refractivity contribution >= 4 is 77.9 Å². The standard InChI is InChI=1S/2C36H30N4S3.2C4H9.Sn/c2*37-41(31-19-7-1-8-20-31,32-21-9-2-10-22-32)39-43(35-27-15-5-16-28-35,36-29-17-6-18-30-36)40-42(38,33-23-11-3-12-24-33)34-25-13-4-14-26-34;2*1-3-4-2;/h2*1-30H;2*1,3-4H2,2H3;/q;;;;+2. The van der Waals surface area contributed by atoms with Crippen LogP contribution in [-0.4, -0.2) is 18.9 Å². The predicted octanol–water partition coefficient (Wildman–Crippen LogP) is 24.7. The summed E-state index contributed by atoms with van der Waals surface area (Å²) < 4.78 is 70.5. The molecule has 0 amide bonds. The summed E-state index contributed by atoms with van der Waals surface area (Å²) in [7, 11) is -19.2. The molecule has 0 N–H and O–H groups in total. The van der Waals surface area contributed by atoms with Gasteiger partial charge in [-0.1, -0.05) is 0 Å². The Bertz CT molecular complexity index is 4540. The van der Waals surface area contributed by atoms with Crippen LogP contribution in [0, 0.1) is 9.22 Å². The second kappa shape index (κ2) is 30.7. The van der Waals surface area contributed by atoms with Crippen molar-refractivity contribution < 1.29 is 0 Å². The van der Waals surface area contributed by atoms with Gasteiger partial charge < -0.3 is 0 Å². The third-order valence-corrected chi connectivity index (χ3v) is 52.4. The Morgan fingerprint density at radius 1 is 0.263 bits per heavy atom. The topological polar surface area (TPSA) is 122 Å². The van der Waals surface area contributed by atoms with Gasteiger partial charge in [0.05, 0.1) is 0 Å². The van der Waals surface area contributed by atoms with Crippen LogP contribution in [0.25, 0.3) is 0 Å². The van der Waals surface area contributed by atoms with E-state index in [0.29, 0.717) is 19.6 Å². The molecule has 95 heavy (non-hydrogen) atoms. The number of hydrogen-bond donors (Lipinski definition) is 0. The molecule has 15 heteroatoms. The minimum atomic E-state index is -5.15. The zero-order valence-electron chi connectivity index (χ0n) is 53.4. The van der Waals surface area contributed by atoms with Gasteiger partial charge >= 0.3 is 578 Å². The first-order valence-electron chi connectivity index (χ1n) is 32.1. The summed E-state index contributed by atoms with van der Waals surface area (Å²) >= 11 is -5.15. The SMILES string of the molecule is CCC[CH2][Sn]([CH2]CCC)([N]=[S+](N=S(=NS(#N)(c1ccccc1)c1ccccc1)(c1ccccc1)c1ccccc1)(c1ccccc1)c1ccccc1)[N]=[S+](N=S(=NS(#N)(c1ccccc1)c1ccccc1)(c1ccccc1)c1ccccc1)(c1ccccc1)c1ccccc1. The first-order chi connectivity index (χ1) is 46.6. The van der Waals surface area contributed by atoms with Crippen molar-refractivity contribution in [3.63, 3.8) is 0 Å². The van der Waals surface area contributed by atoms with E-state index in [1.54, 1.807) is 0 Å². The molecule has 12 aromatic carbocycles. The van der Waals surface area contributed by atoms with Crippen LogP contribution in [0.5, 0.6) is 0 Å². The van der Waals surface area contributed by atoms with E-state index in [1.165, 1.54) is 0 Å². The molecule has 12 aromatic rings. The minimum absolute atomic E-state index is 0.693. The molecule has 0 aliphatic rings. The number of rotatable bonds is 18. The molecule has 0 saturated carbocycles. The molecule has 12 rings (SSSR count). The third-order valence-electron chi connectivity index (χ3n) is 16.2. The number of unbranched alkanes of at least 4 members (excludes halogenated alkanes) is 2. The van der Waals surface area contributed by atoms with Gasteiger partial charge in [-0.3, -0.25) is 0 Å². The fraction of sp³-hybridized carbons (Fsp3) is 0.100. The Morgan fingerprint density at radius 2 is 0.442 bits per heavy atom. The van der Waals surface area contributed by atoms with Crippen LogP contribution in [0.4, 0.5) is 0 Å². The van der Waals surface area contributed by atoms with Gasteiger partial charge in [-0.25, -0.2) is 0 Å².